The van der Waals surface area contributed by atoms with E-state index in [1.807, 2.05) is 12.1 Å². The van der Waals surface area contributed by atoms with E-state index < -0.39 is 0 Å². The molecule has 0 heterocycles. The van der Waals surface area contributed by atoms with E-state index in [0.29, 0.717) is 10.4 Å². The van der Waals surface area contributed by atoms with Crippen molar-refractivity contribution < 1.29 is 4.39 Å². The third-order valence-corrected chi connectivity index (χ3v) is 4.68. The SMILES string of the molecule is CC(NCC1Cc2ccccc21)c1ccc(F)c(Br)c1. The summed E-state index contributed by atoms with van der Waals surface area (Å²) < 4.78 is 13.8. The van der Waals surface area contributed by atoms with Gasteiger partial charge < -0.3 is 5.32 Å². The van der Waals surface area contributed by atoms with Crippen molar-refractivity contribution in [3.63, 3.8) is 0 Å². The minimum Gasteiger partial charge on any atom is -0.310 e. The first-order valence-corrected chi connectivity index (χ1v) is 7.70. The zero-order valence-corrected chi connectivity index (χ0v) is 13.0. The summed E-state index contributed by atoms with van der Waals surface area (Å²) in [5, 5.41) is 3.55. The van der Waals surface area contributed by atoms with Gasteiger partial charge in [0.25, 0.3) is 0 Å². The molecule has 0 saturated carbocycles. The predicted octanol–water partition coefficient (Wildman–Crippen LogP) is 4.58. The van der Waals surface area contributed by atoms with Gasteiger partial charge in [-0.25, -0.2) is 4.39 Å². The van der Waals surface area contributed by atoms with Gasteiger partial charge in [-0.05, 0) is 58.1 Å². The lowest BCUT2D eigenvalue weighted by Gasteiger charge is -2.31. The van der Waals surface area contributed by atoms with E-state index >= 15 is 0 Å². The van der Waals surface area contributed by atoms with Crippen molar-refractivity contribution in [2.24, 2.45) is 0 Å². The van der Waals surface area contributed by atoms with Crippen LogP contribution in [0.15, 0.2) is 46.9 Å². The van der Waals surface area contributed by atoms with Crippen molar-refractivity contribution in [1.29, 1.82) is 0 Å². The van der Waals surface area contributed by atoms with Crippen LogP contribution in [0.4, 0.5) is 4.39 Å². The Balaban J connectivity index is 1.60. The molecule has 1 nitrogen and oxygen atoms in total. The smallest absolute Gasteiger partial charge is 0.137 e. The number of nitrogens with one attached hydrogen (secondary N) is 1. The van der Waals surface area contributed by atoms with Gasteiger partial charge in [-0.1, -0.05) is 30.3 Å². The highest BCUT2D eigenvalue weighted by atomic mass is 79.9. The second-order valence-corrected chi connectivity index (χ2v) is 6.26. The van der Waals surface area contributed by atoms with Gasteiger partial charge in [0.15, 0.2) is 0 Å². The van der Waals surface area contributed by atoms with Crippen LogP contribution in [0.1, 0.15) is 35.6 Å². The predicted molar refractivity (Wildman–Crippen MR) is 83.4 cm³/mol. The second kappa shape index (κ2) is 5.66. The first kappa shape index (κ1) is 13.8. The first-order valence-electron chi connectivity index (χ1n) is 6.91. The lowest BCUT2D eigenvalue weighted by atomic mass is 9.77. The molecular formula is C17H17BrFN. The molecule has 2 aromatic carbocycles. The summed E-state index contributed by atoms with van der Waals surface area (Å²) in [5.74, 6) is 0.395. The van der Waals surface area contributed by atoms with Gasteiger partial charge in [-0.15, -0.1) is 0 Å². The van der Waals surface area contributed by atoms with E-state index in [0.717, 1.165) is 18.5 Å². The van der Waals surface area contributed by atoms with Gasteiger partial charge >= 0.3 is 0 Å². The highest BCUT2D eigenvalue weighted by Crippen LogP contribution is 2.34. The van der Waals surface area contributed by atoms with Crippen molar-refractivity contribution in [3.8, 4) is 0 Å². The molecule has 0 radical (unpaired) electrons. The van der Waals surface area contributed by atoms with Gasteiger partial charge in [-0.2, -0.15) is 0 Å². The fraction of sp³-hybridized carbons (Fsp3) is 0.294. The largest absolute Gasteiger partial charge is 0.310 e. The second-order valence-electron chi connectivity index (χ2n) is 5.40. The minimum absolute atomic E-state index is 0.214. The molecule has 2 aromatic rings. The molecule has 1 N–H and O–H groups in total. The normalized spacial score (nSPS) is 18.2. The van der Waals surface area contributed by atoms with E-state index in [1.165, 1.54) is 17.2 Å². The molecule has 3 heteroatoms. The molecule has 2 unspecified atom stereocenters. The molecular weight excluding hydrogens is 317 g/mol. The number of hydrogen-bond donors (Lipinski definition) is 1. The fourth-order valence-corrected chi connectivity index (χ4v) is 3.16. The van der Waals surface area contributed by atoms with Crippen molar-refractivity contribution in [2.45, 2.75) is 25.3 Å². The molecule has 104 valence electrons. The van der Waals surface area contributed by atoms with Crippen LogP contribution in [0, 0.1) is 5.82 Å². The zero-order valence-electron chi connectivity index (χ0n) is 11.4. The molecule has 0 amide bonds. The summed E-state index contributed by atoms with van der Waals surface area (Å²) in [7, 11) is 0. The van der Waals surface area contributed by atoms with Crippen molar-refractivity contribution in [2.75, 3.05) is 6.54 Å². The Kier molecular flexibility index (Phi) is 3.90. The number of fused-ring (bicyclic) bond motifs is 1. The van der Waals surface area contributed by atoms with Crippen molar-refractivity contribution in [3.05, 3.63) is 69.4 Å². The molecule has 0 bridgehead atoms. The maximum atomic E-state index is 13.2. The maximum absolute atomic E-state index is 13.2. The van der Waals surface area contributed by atoms with E-state index in [1.54, 1.807) is 0 Å². The van der Waals surface area contributed by atoms with Crippen LogP contribution >= 0.6 is 15.9 Å². The monoisotopic (exact) mass is 333 g/mol. The van der Waals surface area contributed by atoms with Gasteiger partial charge in [0, 0.05) is 18.5 Å². The third kappa shape index (κ3) is 2.65. The van der Waals surface area contributed by atoms with E-state index in [4.69, 9.17) is 0 Å². The van der Waals surface area contributed by atoms with Crippen LogP contribution in [0.2, 0.25) is 0 Å². The van der Waals surface area contributed by atoms with Gasteiger partial charge in [0.05, 0.1) is 4.47 Å². The number of hydrogen-bond acceptors (Lipinski definition) is 1. The van der Waals surface area contributed by atoms with Crippen LogP contribution in [-0.4, -0.2) is 6.54 Å². The molecule has 0 saturated heterocycles. The molecule has 0 aliphatic heterocycles. The minimum atomic E-state index is -0.214. The molecule has 20 heavy (non-hydrogen) atoms. The fourth-order valence-electron chi connectivity index (χ4n) is 2.76. The lowest BCUT2D eigenvalue weighted by molar-refractivity contribution is 0.488. The Morgan fingerprint density at radius 1 is 1.30 bits per heavy atom. The number of rotatable bonds is 4. The molecule has 1 aliphatic carbocycles. The Morgan fingerprint density at radius 2 is 2.10 bits per heavy atom. The molecule has 0 fully saturated rings. The summed E-state index contributed by atoms with van der Waals surface area (Å²) in [6, 6.07) is 14.0. The Bertz CT molecular complexity index is 626. The van der Waals surface area contributed by atoms with Crippen molar-refractivity contribution >= 4 is 15.9 Å². The average Bonchev–Trinajstić information content (AvgIpc) is 2.42. The Hall–Kier alpha value is -1.19. The highest BCUT2D eigenvalue weighted by molar-refractivity contribution is 9.10. The zero-order chi connectivity index (χ0) is 14.1. The Morgan fingerprint density at radius 3 is 2.85 bits per heavy atom. The van der Waals surface area contributed by atoms with Crippen LogP contribution in [0.5, 0.6) is 0 Å². The standard InChI is InChI=1S/C17H17BrFN/c1-11(12-6-7-17(19)16(18)9-12)20-10-14-8-13-4-2-3-5-15(13)14/h2-7,9,11,14,20H,8,10H2,1H3. The Labute approximate surface area is 127 Å². The molecule has 0 spiro atoms. The molecule has 1 aliphatic rings. The van der Waals surface area contributed by atoms with Crippen LogP contribution in [-0.2, 0) is 6.42 Å². The van der Waals surface area contributed by atoms with Crippen molar-refractivity contribution in [1.82, 2.24) is 5.32 Å². The summed E-state index contributed by atoms with van der Waals surface area (Å²) >= 11 is 3.24. The van der Waals surface area contributed by atoms with Gasteiger partial charge in [0.2, 0.25) is 0 Å². The lowest BCUT2D eigenvalue weighted by Crippen LogP contribution is -2.30. The summed E-state index contributed by atoms with van der Waals surface area (Å²) in [4.78, 5) is 0. The highest BCUT2D eigenvalue weighted by Gasteiger charge is 2.25. The first-order chi connectivity index (χ1) is 9.65. The molecule has 3 rings (SSSR count). The maximum Gasteiger partial charge on any atom is 0.137 e. The quantitative estimate of drug-likeness (QED) is 0.863. The van der Waals surface area contributed by atoms with Crippen LogP contribution in [0.3, 0.4) is 0 Å². The van der Waals surface area contributed by atoms with E-state index in [9.17, 15) is 4.39 Å². The van der Waals surface area contributed by atoms with E-state index in [2.05, 4.69) is 52.4 Å². The van der Waals surface area contributed by atoms with Gasteiger partial charge in [0.1, 0.15) is 5.82 Å². The van der Waals surface area contributed by atoms with Crippen LogP contribution in [0.25, 0.3) is 0 Å². The molecule has 0 aromatic heterocycles. The van der Waals surface area contributed by atoms with Crippen LogP contribution < -0.4 is 5.32 Å². The average molecular weight is 334 g/mol. The molecule has 2 atom stereocenters. The van der Waals surface area contributed by atoms with E-state index in [-0.39, 0.29) is 11.9 Å². The number of halogens is 2. The number of benzene rings is 2. The summed E-state index contributed by atoms with van der Waals surface area (Å²) in [6.45, 7) is 3.08. The summed E-state index contributed by atoms with van der Waals surface area (Å²) in [6.07, 6.45) is 1.16. The topological polar surface area (TPSA) is 12.0 Å². The summed E-state index contributed by atoms with van der Waals surface area (Å²) in [5.41, 5.74) is 4.04. The third-order valence-electron chi connectivity index (χ3n) is 4.08. The van der Waals surface area contributed by atoms with Gasteiger partial charge in [-0.3, -0.25) is 0 Å².